The molecule has 0 saturated heterocycles. The second-order valence-corrected chi connectivity index (χ2v) is 6.95. The number of aliphatic hydroxyl groups excluding tert-OH is 1. The van der Waals surface area contributed by atoms with Crippen LogP contribution in [-0.4, -0.2) is 11.5 Å². The van der Waals surface area contributed by atoms with Crippen molar-refractivity contribution in [1.29, 1.82) is 0 Å². The molecule has 1 aliphatic rings. The smallest absolute Gasteiger partial charge is 0.406 e. The lowest BCUT2D eigenvalue weighted by Gasteiger charge is -2.45. The van der Waals surface area contributed by atoms with E-state index in [1.54, 1.807) is 0 Å². The molecule has 1 N–H and O–H groups in total. The molecule has 1 fully saturated rings. The minimum absolute atomic E-state index is 0.0121. The van der Waals surface area contributed by atoms with Gasteiger partial charge in [0, 0.05) is 0 Å². The first-order chi connectivity index (χ1) is 10.1. The molecule has 1 saturated carbocycles. The van der Waals surface area contributed by atoms with Crippen LogP contribution in [0.15, 0.2) is 24.3 Å². The Hall–Kier alpha value is -1.23. The molecule has 2 rings (SSSR count). The molecule has 1 aromatic rings. The van der Waals surface area contributed by atoms with Gasteiger partial charge in [0.05, 0.1) is 6.10 Å². The van der Waals surface area contributed by atoms with Gasteiger partial charge in [-0.1, -0.05) is 45.7 Å². The second kappa shape index (κ2) is 6.11. The van der Waals surface area contributed by atoms with Crippen LogP contribution >= 0.6 is 0 Å². The monoisotopic (exact) mass is 316 g/mol. The van der Waals surface area contributed by atoms with Gasteiger partial charge in [-0.15, -0.1) is 13.2 Å². The lowest BCUT2D eigenvalue weighted by Crippen LogP contribution is -2.37. The minimum atomic E-state index is -4.69. The van der Waals surface area contributed by atoms with E-state index >= 15 is 0 Å². The highest BCUT2D eigenvalue weighted by Crippen LogP contribution is 2.49. The molecule has 1 unspecified atom stereocenters. The first-order valence-electron chi connectivity index (χ1n) is 7.64. The highest BCUT2D eigenvalue weighted by Gasteiger charge is 2.41. The maximum atomic E-state index is 12.2. The van der Waals surface area contributed by atoms with Crippen molar-refractivity contribution in [2.75, 3.05) is 0 Å². The normalized spacial score (nSPS) is 26.5. The van der Waals surface area contributed by atoms with E-state index in [1.807, 2.05) is 0 Å². The highest BCUT2D eigenvalue weighted by molar-refractivity contribution is 5.29. The van der Waals surface area contributed by atoms with E-state index < -0.39 is 12.5 Å². The fourth-order valence-corrected chi connectivity index (χ4v) is 3.81. The molecule has 0 heterocycles. The molecular formula is C17H23F3O2. The molecule has 0 amide bonds. The van der Waals surface area contributed by atoms with Crippen molar-refractivity contribution >= 4 is 0 Å². The van der Waals surface area contributed by atoms with Gasteiger partial charge in [0.15, 0.2) is 0 Å². The maximum Gasteiger partial charge on any atom is 0.573 e. The van der Waals surface area contributed by atoms with E-state index in [9.17, 15) is 18.3 Å². The van der Waals surface area contributed by atoms with Crippen LogP contribution in [0.4, 0.5) is 13.2 Å². The Morgan fingerprint density at radius 3 is 2.32 bits per heavy atom. The Balaban J connectivity index is 2.16. The zero-order chi connectivity index (χ0) is 16.5. The van der Waals surface area contributed by atoms with E-state index in [4.69, 9.17) is 0 Å². The van der Waals surface area contributed by atoms with E-state index in [2.05, 4.69) is 25.5 Å². The standard InChI is InChI=1S/C17H23F3O2/c1-11-5-4-10-16(2,3)14(11)15(21)12-6-8-13(9-7-12)22-17(18,19)20/h6-9,11,14-15,21H,4-5,10H2,1-3H3/t11?,14-,15-/m1/s1. The molecule has 2 nitrogen and oxygen atoms in total. The lowest BCUT2D eigenvalue weighted by atomic mass is 9.61. The van der Waals surface area contributed by atoms with Gasteiger partial charge in [-0.05, 0) is 41.4 Å². The number of benzene rings is 1. The van der Waals surface area contributed by atoms with Crippen molar-refractivity contribution in [1.82, 2.24) is 0 Å². The lowest BCUT2D eigenvalue weighted by molar-refractivity contribution is -0.274. The van der Waals surface area contributed by atoms with E-state index in [0.717, 1.165) is 19.3 Å². The van der Waals surface area contributed by atoms with Crippen LogP contribution in [0.2, 0.25) is 0 Å². The predicted molar refractivity (Wildman–Crippen MR) is 78.4 cm³/mol. The fraction of sp³-hybridized carbons (Fsp3) is 0.647. The molecule has 1 aromatic carbocycles. The molecule has 22 heavy (non-hydrogen) atoms. The first-order valence-corrected chi connectivity index (χ1v) is 7.64. The molecule has 124 valence electrons. The van der Waals surface area contributed by atoms with Crippen molar-refractivity contribution in [3.05, 3.63) is 29.8 Å². The third-order valence-electron chi connectivity index (χ3n) is 4.79. The molecule has 5 heteroatoms. The average Bonchev–Trinajstić information content (AvgIpc) is 2.36. The summed E-state index contributed by atoms with van der Waals surface area (Å²) in [7, 11) is 0. The summed E-state index contributed by atoms with van der Waals surface area (Å²) in [6.07, 6.45) is -2.10. The Morgan fingerprint density at radius 1 is 1.23 bits per heavy atom. The van der Waals surface area contributed by atoms with Crippen molar-refractivity contribution in [3.8, 4) is 5.75 Å². The van der Waals surface area contributed by atoms with Crippen molar-refractivity contribution in [3.63, 3.8) is 0 Å². The summed E-state index contributed by atoms with van der Waals surface area (Å²) in [5, 5.41) is 10.7. The quantitative estimate of drug-likeness (QED) is 0.842. The number of hydrogen-bond acceptors (Lipinski definition) is 2. The molecule has 0 aliphatic heterocycles. The van der Waals surface area contributed by atoms with Crippen LogP contribution in [0.5, 0.6) is 5.75 Å². The van der Waals surface area contributed by atoms with Gasteiger partial charge in [-0.2, -0.15) is 0 Å². The molecule has 0 aromatic heterocycles. The average molecular weight is 316 g/mol. The van der Waals surface area contributed by atoms with Gasteiger partial charge < -0.3 is 9.84 Å². The van der Waals surface area contributed by atoms with Crippen molar-refractivity contribution < 1.29 is 23.0 Å². The van der Waals surface area contributed by atoms with Gasteiger partial charge in [-0.3, -0.25) is 0 Å². The SMILES string of the molecule is CC1CCCC(C)(C)[C@H]1[C@H](O)c1ccc(OC(F)(F)F)cc1. The maximum absolute atomic E-state index is 12.2. The molecule has 0 bridgehead atoms. The number of ether oxygens (including phenoxy) is 1. The van der Waals surface area contributed by atoms with Gasteiger partial charge in [-0.25, -0.2) is 0 Å². The van der Waals surface area contributed by atoms with Crippen molar-refractivity contribution in [2.45, 2.75) is 52.5 Å². The molecule has 0 radical (unpaired) electrons. The third kappa shape index (κ3) is 3.94. The summed E-state index contributed by atoms with van der Waals surface area (Å²) in [5.74, 6) is 0.208. The summed E-state index contributed by atoms with van der Waals surface area (Å²) in [4.78, 5) is 0. The van der Waals surface area contributed by atoms with Crippen LogP contribution in [-0.2, 0) is 0 Å². The summed E-state index contributed by atoms with van der Waals surface area (Å²) < 4.78 is 40.4. The summed E-state index contributed by atoms with van der Waals surface area (Å²) >= 11 is 0. The van der Waals surface area contributed by atoms with E-state index in [1.165, 1.54) is 24.3 Å². The Labute approximate surface area is 129 Å². The van der Waals surface area contributed by atoms with Crippen LogP contribution < -0.4 is 4.74 Å². The molecule has 1 aliphatic carbocycles. The molecular weight excluding hydrogens is 293 g/mol. The minimum Gasteiger partial charge on any atom is -0.406 e. The van der Waals surface area contributed by atoms with Gasteiger partial charge in [0.2, 0.25) is 0 Å². The van der Waals surface area contributed by atoms with Crippen LogP contribution in [0.25, 0.3) is 0 Å². The highest BCUT2D eigenvalue weighted by atomic mass is 19.4. The first kappa shape index (κ1) is 17.1. The van der Waals surface area contributed by atoms with E-state index in [-0.39, 0.29) is 17.1 Å². The summed E-state index contributed by atoms with van der Waals surface area (Å²) in [5.41, 5.74) is 0.652. The number of alkyl halides is 3. The Bertz CT molecular complexity index is 494. The second-order valence-electron chi connectivity index (χ2n) is 6.95. The molecule has 3 atom stereocenters. The van der Waals surface area contributed by atoms with E-state index in [0.29, 0.717) is 11.5 Å². The zero-order valence-corrected chi connectivity index (χ0v) is 13.2. The van der Waals surface area contributed by atoms with Gasteiger partial charge in [0.1, 0.15) is 5.75 Å². The van der Waals surface area contributed by atoms with Gasteiger partial charge >= 0.3 is 6.36 Å². The number of aliphatic hydroxyl groups is 1. The fourth-order valence-electron chi connectivity index (χ4n) is 3.81. The topological polar surface area (TPSA) is 29.5 Å². The van der Waals surface area contributed by atoms with Crippen LogP contribution in [0, 0.1) is 17.3 Å². The Kier molecular flexibility index (Phi) is 4.76. The largest absolute Gasteiger partial charge is 0.573 e. The molecule has 0 spiro atoms. The van der Waals surface area contributed by atoms with Crippen LogP contribution in [0.1, 0.15) is 51.7 Å². The Morgan fingerprint density at radius 2 is 1.82 bits per heavy atom. The van der Waals surface area contributed by atoms with Crippen molar-refractivity contribution in [2.24, 2.45) is 17.3 Å². The number of halogens is 3. The number of rotatable bonds is 3. The zero-order valence-electron chi connectivity index (χ0n) is 13.2. The predicted octanol–water partition coefficient (Wildman–Crippen LogP) is 5.08. The number of hydrogen-bond donors (Lipinski definition) is 1. The van der Waals surface area contributed by atoms with Crippen LogP contribution in [0.3, 0.4) is 0 Å². The van der Waals surface area contributed by atoms with Gasteiger partial charge in [0.25, 0.3) is 0 Å². The summed E-state index contributed by atoms with van der Waals surface area (Å²) in [6.45, 7) is 6.44. The third-order valence-corrected chi connectivity index (χ3v) is 4.79. The summed E-state index contributed by atoms with van der Waals surface area (Å²) in [6, 6.07) is 5.55.